The molecule has 21 heavy (non-hydrogen) atoms. The topological polar surface area (TPSA) is 84.5 Å². The summed E-state index contributed by atoms with van der Waals surface area (Å²) in [6.07, 6.45) is 2.02. The van der Waals surface area contributed by atoms with Gasteiger partial charge >= 0.3 is 5.97 Å². The smallest absolute Gasteiger partial charge is 0.337 e. The minimum absolute atomic E-state index is 0.105. The van der Waals surface area contributed by atoms with E-state index in [4.69, 9.17) is 0 Å². The first-order chi connectivity index (χ1) is 9.94. The number of hydrogen-bond acceptors (Lipinski definition) is 5. The van der Waals surface area contributed by atoms with Gasteiger partial charge in [0.05, 0.1) is 17.6 Å². The van der Waals surface area contributed by atoms with Crippen LogP contribution in [-0.2, 0) is 14.8 Å². The third kappa shape index (κ3) is 4.03. The van der Waals surface area contributed by atoms with Crippen LogP contribution >= 0.6 is 15.9 Å². The fourth-order valence-corrected chi connectivity index (χ4v) is 4.34. The maximum atomic E-state index is 12.3. The van der Waals surface area contributed by atoms with Crippen LogP contribution in [0.3, 0.4) is 0 Å². The largest absolute Gasteiger partial charge is 0.465 e. The van der Waals surface area contributed by atoms with Crippen molar-refractivity contribution in [3.8, 4) is 0 Å². The highest BCUT2D eigenvalue weighted by Crippen LogP contribution is 2.23. The molecule has 116 valence electrons. The average Bonchev–Trinajstić information content (AvgIpc) is 2.97. The highest BCUT2D eigenvalue weighted by Gasteiger charge is 2.22. The lowest BCUT2D eigenvalue weighted by Gasteiger charge is -2.13. The van der Waals surface area contributed by atoms with Gasteiger partial charge in [-0.3, -0.25) is 0 Å². The fraction of sp³-hybridized carbons (Fsp3) is 0.462. The summed E-state index contributed by atoms with van der Waals surface area (Å²) >= 11 is 3.19. The Morgan fingerprint density at radius 2 is 2.29 bits per heavy atom. The molecule has 0 amide bonds. The third-order valence-corrected chi connectivity index (χ3v) is 5.72. The number of hydrogen-bond donors (Lipinski definition) is 2. The Balaban J connectivity index is 2.13. The number of benzene rings is 1. The van der Waals surface area contributed by atoms with Gasteiger partial charge in [0.25, 0.3) is 0 Å². The van der Waals surface area contributed by atoms with Gasteiger partial charge in [-0.1, -0.05) is 0 Å². The Bertz CT molecular complexity index is 627. The van der Waals surface area contributed by atoms with Gasteiger partial charge in [0.1, 0.15) is 0 Å². The number of carbonyl (C=O) groups is 1. The van der Waals surface area contributed by atoms with Crippen molar-refractivity contribution in [1.29, 1.82) is 0 Å². The van der Waals surface area contributed by atoms with Gasteiger partial charge in [-0.15, -0.1) is 0 Å². The summed E-state index contributed by atoms with van der Waals surface area (Å²) in [6.45, 7) is 1.28. The lowest BCUT2D eigenvalue weighted by molar-refractivity contribution is 0.0600. The fourth-order valence-electron chi connectivity index (χ4n) is 2.18. The quantitative estimate of drug-likeness (QED) is 0.755. The Labute approximate surface area is 132 Å². The number of methoxy groups -OCH3 is 1. The van der Waals surface area contributed by atoms with Gasteiger partial charge in [-0.05, 0) is 53.5 Å². The lowest BCUT2D eigenvalue weighted by atomic mass is 10.2. The molecule has 1 aliphatic rings. The summed E-state index contributed by atoms with van der Waals surface area (Å²) in [6, 6.07) is 4.43. The normalized spacial score (nSPS) is 18.7. The molecule has 1 saturated heterocycles. The first kappa shape index (κ1) is 16.4. The molecule has 1 aromatic carbocycles. The van der Waals surface area contributed by atoms with E-state index in [-0.39, 0.29) is 10.9 Å². The van der Waals surface area contributed by atoms with E-state index in [9.17, 15) is 13.2 Å². The van der Waals surface area contributed by atoms with Crippen molar-refractivity contribution in [1.82, 2.24) is 10.0 Å². The average molecular weight is 377 g/mol. The van der Waals surface area contributed by atoms with Crippen molar-refractivity contribution in [3.05, 3.63) is 28.2 Å². The highest BCUT2D eigenvalue weighted by molar-refractivity contribution is 9.10. The molecule has 1 aromatic rings. The second-order valence-corrected chi connectivity index (χ2v) is 7.37. The molecular formula is C13H17BrN2O4S. The minimum Gasteiger partial charge on any atom is -0.465 e. The van der Waals surface area contributed by atoms with E-state index in [0.717, 1.165) is 19.4 Å². The SMILES string of the molecule is COC(=O)c1ccc(S(=O)(=O)NCC2CCCN2)c(Br)c1. The van der Waals surface area contributed by atoms with Crippen LogP contribution in [0.25, 0.3) is 0 Å². The summed E-state index contributed by atoms with van der Waals surface area (Å²) in [7, 11) is -2.34. The lowest BCUT2D eigenvalue weighted by Crippen LogP contribution is -2.37. The van der Waals surface area contributed by atoms with Gasteiger partial charge in [0.15, 0.2) is 0 Å². The zero-order chi connectivity index (χ0) is 15.5. The maximum absolute atomic E-state index is 12.3. The zero-order valence-electron chi connectivity index (χ0n) is 11.6. The minimum atomic E-state index is -3.62. The Hall–Kier alpha value is -0.960. The predicted molar refractivity (Wildman–Crippen MR) is 81.7 cm³/mol. The van der Waals surface area contributed by atoms with E-state index in [1.165, 1.54) is 25.3 Å². The van der Waals surface area contributed by atoms with E-state index in [1.807, 2.05) is 0 Å². The molecule has 1 aliphatic heterocycles. The molecule has 0 spiro atoms. The number of esters is 1. The molecule has 0 aromatic heterocycles. The van der Waals surface area contributed by atoms with Gasteiger partial charge in [-0.2, -0.15) is 0 Å². The summed E-state index contributed by atoms with van der Waals surface area (Å²) in [5.74, 6) is -0.511. The number of sulfonamides is 1. The molecule has 2 rings (SSSR count). The van der Waals surface area contributed by atoms with Crippen molar-refractivity contribution in [2.75, 3.05) is 20.2 Å². The molecule has 0 saturated carbocycles. The van der Waals surface area contributed by atoms with Crippen molar-refractivity contribution in [3.63, 3.8) is 0 Å². The first-order valence-corrected chi connectivity index (χ1v) is 8.82. The summed E-state index contributed by atoms with van der Waals surface area (Å²) in [4.78, 5) is 11.5. The molecule has 0 bridgehead atoms. The predicted octanol–water partition coefficient (Wildman–Crippen LogP) is 1.27. The Kier molecular flexibility index (Phi) is 5.37. The second-order valence-electron chi connectivity index (χ2n) is 4.78. The third-order valence-electron chi connectivity index (χ3n) is 3.32. The van der Waals surface area contributed by atoms with E-state index >= 15 is 0 Å². The molecule has 1 fully saturated rings. The molecule has 0 radical (unpaired) electrons. The van der Waals surface area contributed by atoms with Gasteiger partial charge in [0.2, 0.25) is 10.0 Å². The van der Waals surface area contributed by atoms with E-state index in [1.54, 1.807) is 0 Å². The van der Waals surface area contributed by atoms with Gasteiger partial charge < -0.3 is 10.1 Å². The van der Waals surface area contributed by atoms with Crippen LogP contribution in [-0.4, -0.2) is 40.6 Å². The number of ether oxygens (including phenoxy) is 1. The molecule has 1 heterocycles. The number of halogens is 1. The molecule has 2 N–H and O–H groups in total. The molecule has 8 heteroatoms. The summed E-state index contributed by atoms with van der Waals surface area (Å²) in [5, 5.41) is 3.23. The van der Waals surface area contributed by atoms with Gasteiger partial charge in [-0.25, -0.2) is 17.9 Å². The van der Waals surface area contributed by atoms with Crippen LogP contribution in [0.4, 0.5) is 0 Å². The van der Waals surface area contributed by atoms with Crippen LogP contribution in [0.1, 0.15) is 23.2 Å². The van der Waals surface area contributed by atoms with Crippen LogP contribution in [0.2, 0.25) is 0 Å². The summed E-state index contributed by atoms with van der Waals surface area (Å²) in [5.41, 5.74) is 0.292. The number of nitrogens with one attached hydrogen (secondary N) is 2. The standard InChI is InChI=1S/C13H17BrN2O4S/c1-20-13(17)9-4-5-12(11(14)7-9)21(18,19)16-8-10-3-2-6-15-10/h4-5,7,10,15-16H,2-3,6,8H2,1H3. The van der Waals surface area contributed by atoms with E-state index in [0.29, 0.717) is 16.6 Å². The van der Waals surface area contributed by atoms with Crippen molar-refractivity contribution in [2.24, 2.45) is 0 Å². The molecule has 6 nitrogen and oxygen atoms in total. The second kappa shape index (κ2) is 6.87. The van der Waals surface area contributed by atoms with Crippen LogP contribution in [0.15, 0.2) is 27.6 Å². The van der Waals surface area contributed by atoms with Crippen LogP contribution in [0.5, 0.6) is 0 Å². The summed E-state index contributed by atoms with van der Waals surface area (Å²) < 4.78 is 32.1. The molecule has 0 aliphatic carbocycles. The van der Waals surface area contributed by atoms with E-state index < -0.39 is 16.0 Å². The zero-order valence-corrected chi connectivity index (χ0v) is 14.0. The maximum Gasteiger partial charge on any atom is 0.337 e. The number of rotatable bonds is 5. The van der Waals surface area contributed by atoms with Crippen molar-refractivity contribution >= 4 is 31.9 Å². The monoisotopic (exact) mass is 376 g/mol. The number of carbonyl (C=O) groups excluding carboxylic acids is 1. The van der Waals surface area contributed by atoms with Crippen LogP contribution < -0.4 is 10.0 Å². The molecule has 1 unspecified atom stereocenters. The van der Waals surface area contributed by atoms with Gasteiger partial charge in [0, 0.05) is 17.1 Å². The Morgan fingerprint density at radius 3 is 2.86 bits per heavy atom. The Morgan fingerprint density at radius 1 is 1.52 bits per heavy atom. The first-order valence-electron chi connectivity index (χ1n) is 6.55. The van der Waals surface area contributed by atoms with Crippen molar-refractivity contribution in [2.45, 2.75) is 23.8 Å². The molecular weight excluding hydrogens is 360 g/mol. The highest BCUT2D eigenvalue weighted by atomic mass is 79.9. The van der Waals surface area contributed by atoms with Crippen molar-refractivity contribution < 1.29 is 17.9 Å². The van der Waals surface area contributed by atoms with E-state index in [2.05, 4.69) is 30.7 Å². The molecule has 1 atom stereocenters. The van der Waals surface area contributed by atoms with Crippen LogP contribution in [0, 0.1) is 0 Å².